The molecule has 1 heterocycles. The summed E-state index contributed by atoms with van der Waals surface area (Å²) >= 11 is 0. The summed E-state index contributed by atoms with van der Waals surface area (Å²) in [5.41, 5.74) is 3.14. The second kappa shape index (κ2) is 7.69. The molecule has 4 aromatic rings. The van der Waals surface area contributed by atoms with Crippen LogP contribution in [0, 0.1) is 0 Å². The molecule has 0 spiro atoms. The van der Waals surface area contributed by atoms with Crippen molar-refractivity contribution in [1.29, 1.82) is 0 Å². The summed E-state index contributed by atoms with van der Waals surface area (Å²) in [6.07, 6.45) is 0. The molecule has 3 aromatic carbocycles. The van der Waals surface area contributed by atoms with E-state index in [1.165, 1.54) is 0 Å². The highest BCUT2D eigenvalue weighted by Gasteiger charge is 2.20. The molecule has 0 aliphatic heterocycles. The van der Waals surface area contributed by atoms with E-state index in [2.05, 4.69) is 14.7 Å². The maximum Gasteiger partial charge on any atom is 0.241 e. The molecule has 4 rings (SSSR count). The van der Waals surface area contributed by atoms with Crippen LogP contribution in [0.4, 0.5) is 0 Å². The number of rotatable bonds is 6. The van der Waals surface area contributed by atoms with Crippen molar-refractivity contribution in [2.75, 3.05) is 7.11 Å². The third kappa shape index (κ3) is 4.01. The Bertz CT molecular complexity index is 1250. The lowest BCUT2D eigenvalue weighted by molar-refractivity contribution is 0.413. The van der Waals surface area contributed by atoms with Gasteiger partial charge in [0, 0.05) is 11.6 Å². The van der Waals surface area contributed by atoms with Gasteiger partial charge in [0.1, 0.15) is 11.6 Å². The molecule has 0 unspecified atom stereocenters. The SMILES string of the molecule is COc1cccc([C@@H](C)NS(=O)(=O)c2ccc3nc(-c4ccccc4)[nH]c3c2)c1. The molecule has 0 aliphatic carbocycles. The number of nitrogens with one attached hydrogen (secondary N) is 2. The van der Waals surface area contributed by atoms with Gasteiger partial charge >= 0.3 is 0 Å². The fraction of sp³-hybridized carbons (Fsp3) is 0.136. The average Bonchev–Trinajstić information content (AvgIpc) is 3.17. The summed E-state index contributed by atoms with van der Waals surface area (Å²) in [6.45, 7) is 1.80. The van der Waals surface area contributed by atoms with E-state index in [1.54, 1.807) is 32.2 Å². The van der Waals surface area contributed by atoms with Crippen LogP contribution in [-0.2, 0) is 10.0 Å². The van der Waals surface area contributed by atoms with Crippen molar-refractivity contribution in [1.82, 2.24) is 14.7 Å². The Kier molecular flexibility index (Phi) is 5.08. The van der Waals surface area contributed by atoms with E-state index in [4.69, 9.17) is 4.74 Å². The lowest BCUT2D eigenvalue weighted by Crippen LogP contribution is -2.26. The molecule has 2 N–H and O–H groups in total. The smallest absolute Gasteiger partial charge is 0.241 e. The van der Waals surface area contributed by atoms with Gasteiger partial charge in [0.2, 0.25) is 10.0 Å². The molecule has 7 heteroatoms. The van der Waals surface area contributed by atoms with Crippen molar-refractivity contribution in [3.63, 3.8) is 0 Å². The van der Waals surface area contributed by atoms with Gasteiger partial charge < -0.3 is 9.72 Å². The Morgan fingerprint density at radius 1 is 1.00 bits per heavy atom. The fourth-order valence-corrected chi connectivity index (χ4v) is 4.43. The normalized spacial score (nSPS) is 12.8. The zero-order chi connectivity index (χ0) is 20.4. The van der Waals surface area contributed by atoms with Gasteiger partial charge in [-0.1, -0.05) is 42.5 Å². The zero-order valence-corrected chi connectivity index (χ0v) is 16.9. The van der Waals surface area contributed by atoms with Gasteiger partial charge in [-0.3, -0.25) is 0 Å². The molecule has 148 valence electrons. The Balaban J connectivity index is 1.62. The average molecular weight is 407 g/mol. The molecule has 0 bridgehead atoms. The van der Waals surface area contributed by atoms with Crippen molar-refractivity contribution in [2.24, 2.45) is 0 Å². The molecule has 29 heavy (non-hydrogen) atoms. The van der Waals surface area contributed by atoms with Crippen LogP contribution >= 0.6 is 0 Å². The first-order valence-electron chi connectivity index (χ1n) is 9.18. The number of hydrogen-bond acceptors (Lipinski definition) is 4. The van der Waals surface area contributed by atoms with Gasteiger partial charge in [0.05, 0.1) is 23.0 Å². The first-order chi connectivity index (χ1) is 14.0. The fourth-order valence-electron chi connectivity index (χ4n) is 3.17. The number of aromatic amines is 1. The number of H-pyrrole nitrogens is 1. The molecule has 6 nitrogen and oxygen atoms in total. The van der Waals surface area contributed by atoms with Crippen molar-refractivity contribution >= 4 is 21.1 Å². The number of aromatic nitrogens is 2. The third-order valence-electron chi connectivity index (χ3n) is 4.74. The number of benzene rings is 3. The quantitative estimate of drug-likeness (QED) is 0.500. The Hall–Kier alpha value is -3.16. The third-order valence-corrected chi connectivity index (χ3v) is 6.27. The second-order valence-electron chi connectivity index (χ2n) is 6.75. The number of methoxy groups -OCH3 is 1. The van der Waals surface area contributed by atoms with Crippen LogP contribution in [0.15, 0.2) is 77.7 Å². The predicted molar refractivity (Wildman–Crippen MR) is 113 cm³/mol. The Labute approximate surface area is 169 Å². The van der Waals surface area contributed by atoms with Crippen molar-refractivity contribution in [3.05, 3.63) is 78.4 Å². The molecule has 0 saturated carbocycles. The minimum Gasteiger partial charge on any atom is -0.497 e. The van der Waals surface area contributed by atoms with E-state index < -0.39 is 16.1 Å². The van der Waals surface area contributed by atoms with Gasteiger partial charge in [-0.25, -0.2) is 18.1 Å². The maximum atomic E-state index is 12.9. The monoisotopic (exact) mass is 407 g/mol. The molecule has 0 saturated heterocycles. The topological polar surface area (TPSA) is 84.1 Å². The molecule has 0 radical (unpaired) electrons. The lowest BCUT2D eigenvalue weighted by Gasteiger charge is -2.15. The van der Waals surface area contributed by atoms with Crippen LogP contribution in [0.2, 0.25) is 0 Å². The van der Waals surface area contributed by atoms with Gasteiger partial charge in [-0.15, -0.1) is 0 Å². The number of sulfonamides is 1. The minimum atomic E-state index is -3.71. The first kappa shape index (κ1) is 19.2. The van der Waals surface area contributed by atoms with Gasteiger partial charge in [0.25, 0.3) is 0 Å². The van der Waals surface area contributed by atoms with Gasteiger partial charge in [-0.05, 0) is 42.8 Å². The summed E-state index contributed by atoms with van der Waals surface area (Å²) in [4.78, 5) is 7.94. The summed E-state index contributed by atoms with van der Waals surface area (Å²) in [5.74, 6) is 1.38. The van der Waals surface area contributed by atoms with E-state index in [0.717, 1.165) is 11.1 Å². The number of nitrogens with zero attached hydrogens (tertiary/aromatic N) is 1. The number of hydrogen-bond donors (Lipinski definition) is 2. The number of ether oxygens (including phenoxy) is 1. The molecule has 1 atom stereocenters. The highest BCUT2D eigenvalue weighted by Crippen LogP contribution is 2.24. The predicted octanol–water partition coefficient (Wildman–Crippen LogP) is 4.28. The van der Waals surface area contributed by atoms with E-state index in [9.17, 15) is 8.42 Å². The van der Waals surface area contributed by atoms with Crippen LogP contribution in [0.3, 0.4) is 0 Å². The summed E-state index contributed by atoms with van der Waals surface area (Å²) in [6, 6.07) is 21.5. The van der Waals surface area contributed by atoms with Crippen molar-refractivity contribution in [2.45, 2.75) is 17.9 Å². The minimum absolute atomic E-state index is 0.183. The van der Waals surface area contributed by atoms with Crippen LogP contribution < -0.4 is 9.46 Å². The summed E-state index contributed by atoms with van der Waals surface area (Å²) in [5, 5.41) is 0. The Morgan fingerprint density at radius 2 is 1.79 bits per heavy atom. The van der Waals surface area contributed by atoms with E-state index >= 15 is 0 Å². The van der Waals surface area contributed by atoms with Crippen LogP contribution in [0.5, 0.6) is 5.75 Å². The van der Waals surface area contributed by atoms with E-state index in [-0.39, 0.29) is 4.90 Å². The van der Waals surface area contributed by atoms with Crippen molar-refractivity contribution < 1.29 is 13.2 Å². The maximum absolute atomic E-state index is 12.9. The summed E-state index contributed by atoms with van der Waals surface area (Å²) < 4.78 is 33.8. The molecule has 1 aromatic heterocycles. The second-order valence-corrected chi connectivity index (χ2v) is 8.46. The first-order valence-corrected chi connectivity index (χ1v) is 10.7. The van der Waals surface area contributed by atoms with Crippen LogP contribution in [-0.4, -0.2) is 25.5 Å². The molecular weight excluding hydrogens is 386 g/mol. The molecule has 0 amide bonds. The van der Waals surface area contributed by atoms with Crippen LogP contribution in [0.1, 0.15) is 18.5 Å². The van der Waals surface area contributed by atoms with Gasteiger partial charge in [-0.2, -0.15) is 0 Å². The van der Waals surface area contributed by atoms with E-state index in [1.807, 2.05) is 54.6 Å². The van der Waals surface area contributed by atoms with Crippen molar-refractivity contribution in [3.8, 4) is 17.1 Å². The molecule has 0 aliphatic rings. The molecule has 0 fully saturated rings. The van der Waals surface area contributed by atoms with Crippen LogP contribution in [0.25, 0.3) is 22.4 Å². The highest BCUT2D eigenvalue weighted by molar-refractivity contribution is 7.89. The van der Waals surface area contributed by atoms with E-state index in [0.29, 0.717) is 22.6 Å². The highest BCUT2D eigenvalue weighted by atomic mass is 32.2. The number of imidazole rings is 1. The molecular formula is C22H21N3O3S. The lowest BCUT2D eigenvalue weighted by atomic mass is 10.1. The van der Waals surface area contributed by atoms with Gasteiger partial charge in [0.15, 0.2) is 0 Å². The number of fused-ring (bicyclic) bond motifs is 1. The zero-order valence-electron chi connectivity index (χ0n) is 16.1. The Morgan fingerprint density at radius 3 is 2.55 bits per heavy atom. The summed E-state index contributed by atoms with van der Waals surface area (Å²) in [7, 11) is -2.13. The largest absolute Gasteiger partial charge is 0.497 e. The standard InChI is InChI=1S/C22H21N3O3S/c1-15(17-9-6-10-18(13-17)28-2)25-29(26,27)19-11-12-20-21(14-19)24-22(23-20)16-7-4-3-5-8-16/h3-15,25H,1-2H3,(H,23,24)/t15-/m1/s1.